The standard InChI is InChI=1S/C11H15N5O2/c1-17-9-3-2-8(6-13-9)7-14-11-16-15-10(18-11)4-5-12/h2-3,6H,4-5,7,12H2,1H3,(H,14,16). The summed E-state index contributed by atoms with van der Waals surface area (Å²) in [7, 11) is 1.58. The van der Waals surface area contributed by atoms with E-state index in [0.717, 1.165) is 5.56 Å². The summed E-state index contributed by atoms with van der Waals surface area (Å²) in [5.41, 5.74) is 6.39. The van der Waals surface area contributed by atoms with Gasteiger partial charge in [-0.1, -0.05) is 11.2 Å². The summed E-state index contributed by atoms with van der Waals surface area (Å²) in [5, 5.41) is 10.7. The molecule has 0 aliphatic rings. The number of hydrogen-bond acceptors (Lipinski definition) is 7. The van der Waals surface area contributed by atoms with Gasteiger partial charge in [0.1, 0.15) is 0 Å². The summed E-state index contributed by atoms with van der Waals surface area (Å²) in [6.45, 7) is 1.05. The average molecular weight is 249 g/mol. The molecule has 2 aromatic heterocycles. The summed E-state index contributed by atoms with van der Waals surface area (Å²) in [6.07, 6.45) is 2.31. The fourth-order valence-electron chi connectivity index (χ4n) is 1.36. The average Bonchev–Trinajstić information content (AvgIpc) is 2.85. The molecule has 0 fully saturated rings. The topological polar surface area (TPSA) is 99.1 Å². The van der Waals surface area contributed by atoms with E-state index in [4.69, 9.17) is 14.9 Å². The summed E-state index contributed by atoms with van der Waals surface area (Å²) >= 11 is 0. The Bertz CT molecular complexity index is 482. The van der Waals surface area contributed by atoms with Crippen LogP contribution in [0.1, 0.15) is 11.5 Å². The van der Waals surface area contributed by atoms with Gasteiger partial charge in [0.05, 0.1) is 7.11 Å². The molecule has 0 saturated carbocycles. The number of pyridine rings is 1. The van der Waals surface area contributed by atoms with Gasteiger partial charge in [-0.25, -0.2) is 4.98 Å². The zero-order valence-electron chi connectivity index (χ0n) is 10.1. The lowest BCUT2D eigenvalue weighted by Crippen LogP contribution is -2.02. The number of rotatable bonds is 6. The van der Waals surface area contributed by atoms with Crippen molar-refractivity contribution in [2.24, 2.45) is 5.73 Å². The van der Waals surface area contributed by atoms with Crippen LogP contribution >= 0.6 is 0 Å². The smallest absolute Gasteiger partial charge is 0.315 e. The van der Waals surface area contributed by atoms with E-state index in [2.05, 4.69) is 20.5 Å². The van der Waals surface area contributed by atoms with E-state index in [1.807, 2.05) is 6.07 Å². The Hall–Kier alpha value is -2.15. The lowest BCUT2D eigenvalue weighted by Gasteiger charge is -2.02. The van der Waals surface area contributed by atoms with Gasteiger partial charge in [0.15, 0.2) is 0 Å². The maximum atomic E-state index is 5.39. The van der Waals surface area contributed by atoms with Crippen LogP contribution in [0.4, 0.5) is 6.01 Å². The molecule has 0 bridgehead atoms. The second-order valence-electron chi connectivity index (χ2n) is 3.60. The van der Waals surface area contributed by atoms with Crippen LogP contribution in [-0.2, 0) is 13.0 Å². The Morgan fingerprint density at radius 1 is 1.39 bits per heavy atom. The Morgan fingerprint density at radius 2 is 2.28 bits per heavy atom. The third-order valence-electron chi connectivity index (χ3n) is 2.28. The molecule has 0 amide bonds. The van der Waals surface area contributed by atoms with Gasteiger partial charge < -0.3 is 20.2 Å². The molecule has 0 unspecified atom stereocenters. The van der Waals surface area contributed by atoms with Crippen molar-refractivity contribution in [3.05, 3.63) is 29.8 Å². The van der Waals surface area contributed by atoms with Crippen LogP contribution in [0.15, 0.2) is 22.7 Å². The number of nitrogens with one attached hydrogen (secondary N) is 1. The highest BCUT2D eigenvalue weighted by Gasteiger charge is 2.04. The Labute approximate surface area is 104 Å². The Balaban J connectivity index is 1.89. The van der Waals surface area contributed by atoms with E-state index in [9.17, 15) is 0 Å². The van der Waals surface area contributed by atoms with Crippen molar-refractivity contribution >= 4 is 6.01 Å². The van der Waals surface area contributed by atoms with E-state index < -0.39 is 0 Å². The van der Waals surface area contributed by atoms with Crippen molar-refractivity contribution in [2.75, 3.05) is 19.0 Å². The third-order valence-corrected chi connectivity index (χ3v) is 2.28. The van der Waals surface area contributed by atoms with Crippen LogP contribution in [0.2, 0.25) is 0 Å². The molecule has 0 atom stereocenters. The SMILES string of the molecule is COc1ccc(CNc2nnc(CCN)o2)cn1. The van der Waals surface area contributed by atoms with Crippen molar-refractivity contribution in [2.45, 2.75) is 13.0 Å². The molecule has 96 valence electrons. The van der Waals surface area contributed by atoms with Crippen LogP contribution in [-0.4, -0.2) is 28.8 Å². The lowest BCUT2D eigenvalue weighted by atomic mass is 10.3. The number of hydrogen-bond donors (Lipinski definition) is 2. The van der Waals surface area contributed by atoms with Crippen molar-refractivity contribution < 1.29 is 9.15 Å². The van der Waals surface area contributed by atoms with Gasteiger partial charge in [-0.15, -0.1) is 5.10 Å². The molecule has 18 heavy (non-hydrogen) atoms. The van der Waals surface area contributed by atoms with E-state index in [1.165, 1.54) is 0 Å². The molecule has 2 rings (SSSR count). The van der Waals surface area contributed by atoms with Gasteiger partial charge in [-0.2, -0.15) is 0 Å². The molecule has 0 aliphatic carbocycles. The molecule has 7 nitrogen and oxygen atoms in total. The van der Waals surface area contributed by atoms with Crippen molar-refractivity contribution in [3.63, 3.8) is 0 Å². The molecule has 0 saturated heterocycles. The second-order valence-corrected chi connectivity index (χ2v) is 3.60. The van der Waals surface area contributed by atoms with Crippen LogP contribution < -0.4 is 15.8 Å². The summed E-state index contributed by atoms with van der Waals surface area (Å²) in [6, 6.07) is 4.09. The minimum Gasteiger partial charge on any atom is -0.481 e. The predicted octanol–water partition coefficient (Wildman–Crippen LogP) is 0.586. The first-order valence-electron chi connectivity index (χ1n) is 5.57. The highest BCUT2D eigenvalue weighted by atomic mass is 16.5. The molecule has 2 aromatic rings. The molecule has 0 aliphatic heterocycles. The Morgan fingerprint density at radius 3 is 2.94 bits per heavy atom. The summed E-state index contributed by atoms with van der Waals surface area (Å²) < 4.78 is 10.3. The zero-order chi connectivity index (χ0) is 12.8. The van der Waals surface area contributed by atoms with Crippen LogP contribution in [0.5, 0.6) is 5.88 Å². The Kier molecular flexibility index (Phi) is 4.08. The quantitative estimate of drug-likeness (QED) is 0.772. The number of anilines is 1. The maximum absolute atomic E-state index is 5.39. The minimum atomic E-state index is 0.384. The highest BCUT2D eigenvalue weighted by Crippen LogP contribution is 2.10. The van der Waals surface area contributed by atoms with Gasteiger partial charge in [0, 0.05) is 31.8 Å². The van der Waals surface area contributed by atoms with E-state index in [-0.39, 0.29) is 0 Å². The highest BCUT2D eigenvalue weighted by molar-refractivity contribution is 5.24. The lowest BCUT2D eigenvalue weighted by molar-refractivity contribution is 0.397. The zero-order valence-corrected chi connectivity index (χ0v) is 10.1. The summed E-state index contributed by atoms with van der Waals surface area (Å²) in [4.78, 5) is 4.10. The summed E-state index contributed by atoms with van der Waals surface area (Å²) in [5.74, 6) is 1.12. The fourth-order valence-corrected chi connectivity index (χ4v) is 1.36. The molecule has 7 heteroatoms. The third kappa shape index (κ3) is 3.17. The van der Waals surface area contributed by atoms with Crippen molar-refractivity contribution in [1.82, 2.24) is 15.2 Å². The van der Waals surface area contributed by atoms with E-state index >= 15 is 0 Å². The first-order valence-corrected chi connectivity index (χ1v) is 5.57. The minimum absolute atomic E-state index is 0.384. The van der Waals surface area contributed by atoms with Crippen molar-refractivity contribution in [1.29, 1.82) is 0 Å². The van der Waals surface area contributed by atoms with Gasteiger partial charge in [0.25, 0.3) is 0 Å². The number of aromatic nitrogens is 3. The molecule has 0 spiro atoms. The van der Waals surface area contributed by atoms with Gasteiger partial charge in [0.2, 0.25) is 11.8 Å². The number of methoxy groups -OCH3 is 1. The second kappa shape index (κ2) is 5.97. The maximum Gasteiger partial charge on any atom is 0.315 e. The fraction of sp³-hybridized carbons (Fsp3) is 0.364. The molecule has 3 N–H and O–H groups in total. The first-order chi connectivity index (χ1) is 8.81. The molecule has 2 heterocycles. The normalized spacial score (nSPS) is 10.3. The van der Waals surface area contributed by atoms with Gasteiger partial charge in [-0.05, 0) is 5.56 Å². The monoisotopic (exact) mass is 249 g/mol. The van der Waals surface area contributed by atoms with Crippen molar-refractivity contribution in [3.8, 4) is 5.88 Å². The van der Waals surface area contributed by atoms with E-state index in [1.54, 1.807) is 19.4 Å². The number of nitrogens with two attached hydrogens (primary N) is 1. The van der Waals surface area contributed by atoms with Crippen LogP contribution in [0.25, 0.3) is 0 Å². The van der Waals surface area contributed by atoms with E-state index in [0.29, 0.717) is 37.3 Å². The molecular weight excluding hydrogens is 234 g/mol. The number of nitrogens with zero attached hydrogens (tertiary/aromatic N) is 3. The number of ether oxygens (including phenoxy) is 1. The van der Waals surface area contributed by atoms with Gasteiger partial charge in [-0.3, -0.25) is 0 Å². The largest absolute Gasteiger partial charge is 0.481 e. The molecule has 0 radical (unpaired) electrons. The first kappa shape index (κ1) is 12.3. The van der Waals surface area contributed by atoms with Crippen LogP contribution in [0.3, 0.4) is 0 Å². The predicted molar refractivity (Wildman–Crippen MR) is 65.2 cm³/mol. The van der Waals surface area contributed by atoms with Gasteiger partial charge >= 0.3 is 6.01 Å². The molecular formula is C11H15N5O2. The molecule has 0 aromatic carbocycles. The van der Waals surface area contributed by atoms with Crippen LogP contribution in [0, 0.1) is 0 Å².